The summed E-state index contributed by atoms with van der Waals surface area (Å²) in [5.41, 5.74) is 4.29. The quantitative estimate of drug-likeness (QED) is 0.252. The van der Waals surface area contributed by atoms with E-state index < -0.39 is 0 Å². The Morgan fingerprint density at radius 2 is 1.13 bits per heavy atom. The molecule has 0 bridgehead atoms. The van der Waals surface area contributed by atoms with Crippen LogP contribution in [0.15, 0.2) is 136 Å². The summed E-state index contributed by atoms with van der Waals surface area (Å²) in [6.45, 7) is 0. The van der Waals surface area contributed by atoms with Crippen molar-refractivity contribution in [3.05, 3.63) is 138 Å². The third-order valence-electron chi connectivity index (χ3n) is 5.08. The topological polar surface area (TPSA) is 37.9 Å². The molecular formula is C28H20N2O. The zero-order valence-electron chi connectivity index (χ0n) is 16.8. The Morgan fingerprint density at radius 3 is 1.77 bits per heavy atom. The van der Waals surface area contributed by atoms with Crippen molar-refractivity contribution in [3.63, 3.8) is 0 Å². The van der Waals surface area contributed by atoms with Crippen LogP contribution in [0.25, 0.3) is 22.1 Å². The van der Waals surface area contributed by atoms with Crippen LogP contribution in [-0.2, 0) is 0 Å². The predicted molar refractivity (Wildman–Crippen MR) is 126 cm³/mol. The molecule has 4 aromatic carbocycles. The number of nitrogens with zero attached hydrogens (tertiary/aromatic N) is 2. The summed E-state index contributed by atoms with van der Waals surface area (Å²) < 4.78 is 6.23. The van der Waals surface area contributed by atoms with Crippen molar-refractivity contribution >= 4 is 16.5 Å². The third-order valence-corrected chi connectivity index (χ3v) is 5.08. The number of hydrogen-bond acceptors (Lipinski definition) is 3. The minimum absolute atomic E-state index is 0.487. The summed E-state index contributed by atoms with van der Waals surface area (Å²) in [7, 11) is 0. The van der Waals surface area contributed by atoms with Crippen molar-refractivity contribution in [1.82, 2.24) is 0 Å². The average Bonchev–Trinajstić information content (AvgIpc) is 2.86. The second-order valence-electron chi connectivity index (χ2n) is 7.15. The molecule has 0 unspecified atom stereocenters. The molecule has 0 saturated heterocycles. The van der Waals surface area contributed by atoms with Crippen molar-refractivity contribution in [1.29, 1.82) is 0 Å². The van der Waals surface area contributed by atoms with Gasteiger partial charge in [-0.25, -0.2) is 0 Å². The average molecular weight is 400 g/mol. The molecule has 0 atom stereocenters. The monoisotopic (exact) mass is 400 g/mol. The number of hydrogen-bond donors (Lipinski definition) is 0. The predicted octanol–water partition coefficient (Wildman–Crippen LogP) is 6.45. The van der Waals surface area contributed by atoms with Gasteiger partial charge < -0.3 is 4.42 Å². The van der Waals surface area contributed by atoms with Crippen LogP contribution in [0.3, 0.4) is 0 Å². The maximum atomic E-state index is 6.23. The molecule has 1 aromatic heterocycles. The molecule has 0 saturated carbocycles. The van der Waals surface area contributed by atoms with E-state index in [-0.39, 0.29) is 0 Å². The molecule has 3 heteroatoms. The lowest BCUT2D eigenvalue weighted by atomic mass is 10.0. The lowest BCUT2D eigenvalue weighted by molar-refractivity contribution is 0.514. The summed E-state index contributed by atoms with van der Waals surface area (Å²) in [5.74, 6) is 0.759. The highest BCUT2D eigenvalue weighted by atomic mass is 16.3. The van der Waals surface area contributed by atoms with E-state index in [1.54, 1.807) is 0 Å². The molecule has 0 spiro atoms. The van der Waals surface area contributed by atoms with Gasteiger partial charge in [0, 0.05) is 22.1 Å². The largest absolute Gasteiger partial charge is 0.436 e. The lowest BCUT2D eigenvalue weighted by Crippen LogP contribution is -2.06. The summed E-state index contributed by atoms with van der Waals surface area (Å²) in [6.07, 6.45) is 0. The zero-order valence-corrected chi connectivity index (χ0v) is 16.8. The second kappa shape index (κ2) is 8.64. The smallest absolute Gasteiger partial charge is 0.246 e. The van der Waals surface area contributed by atoms with E-state index in [1.807, 2.05) is 115 Å². The fourth-order valence-electron chi connectivity index (χ4n) is 3.54. The van der Waals surface area contributed by atoms with Crippen LogP contribution in [0.2, 0.25) is 0 Å². The maximum Gasteiger partial charge on any atom is 0.246 e. The first kappa shape index (κ1) is 18.8. The highest BCUT2D eigenvalue weighted by Gasteiger charge is 2.08. The molecule has 0 radical (unpaired) electrons. The maximum absolute atomic E-state index is 6.23. The van der Waals surface area contributed by atoms with Crippen LogP contribution in [0.4, 0.5) is 0 Å². The Kier molecular flexibility index (Phi) is 5.23. The summed E-state index contributed by atoms with van der Waals surface area (Å²) >= 11 is 0. The first-order valence-corrected chi connectivity index (χ1v) is 10.2. The summed E-state index contributed by atoms with van der Waals surface area (Å²) in [4.78, 5) is 0. The van der Waals surface area contributed by atoms with E-state index in [0.717, 1.165) is 38.9 Å². The summed E-state index contributed by atoms with van der Waals surface area (Å²) in [5, 5.41) is 11.2. The number of benzene rings is 4. The Bertz CT molecular complexity index is 1360. The first-order chi connectivity index (χ1) is 15.4. The van der Waals surface area contributed by atoms with Crippen LogP contribution in [-0.4, -0.2) is 5.71 Å². The molecular weight excluding hydrogens is 380 g/mol. The molecule has 0 aliphatic heterocycles. The molecule has 5 aromatic rings. The normalized spacial score (nSPS) is 11.4. The SMILES string of the molecule is c1ccc(C(=N/N=c2\oc(-c3ccccc3)cc3ccccc23)c2ccccc2)cc1. The molecule has 148 valence electrons. The second-order valence-corrected chi connectivity index (χ2v) is 7.15. The molecule has 0 aliphatic carbocycles. The minimum Gasteiger partial charge on any atom is -0.436 e. The van der Waals surface area contributed by atoms with Crippen LogP contribution in [0, 0.1) is 0 Å². The molecule has 0 N–H and O–H groups in total. The van der Waals surface area contributed by atoms with Gasteiger partial charge in [0.2, 0.25) is 5.55 Å². The summed E-state index contributed by atoms with van der Waals surface area (Å²) in [6, 6.07) is 40.3. The Hall–Kier alpha value is -4.24. The van der Waals surface area contributed by atoms with Crippen LogP contribution in [0.1, 0.15) is 11.1 Å². The van der Waals surface area contributed by atoms with Gasteiger partial charge in [-0.05, 0) is 17.5 Å². The lowest BCUT2D eigenvalue weighted by Gasteiger charge is -2.06. The standard InChI is InChI=1S/C28H20N2O/c1-4-12-21(13-5-1)26-20-24-18-10-11-19-25(24)28(31-26)30-29-27(22-14-6-2-7-15-22)23-16-8-3-9-17-23/h1-20H/b30-28-. The van der Waals surface area contributed by atoms with Gasteiger partial charge >= 0.3 is 0 Å². The van der Waals surface area contributed by atoms with Crippen molar-refractivity contribution in [2.45, 2.75) is 0 Å². The van der Waals surface area contributed by atoms with Gasteiger partial charge in [-0.3, -0.25) is 0 Å². The fourth-order valence-corrected chi connectivity index (χ4v) is 3.54. The van der Waals surface area contributed by atoms with Gasteiger partial charge in [-0.1, -0.05) is 109 Å². The first-order valence-electron chi connectivity index (χ1n) is 10.2. The minimum atomic E-state index is 0.487. The van der Waals surface area contributed by atoms with E-state index in [1.165, 1.54) is 0 Å². The van der Waals surface area contributed by atoms with Gasteiger partial charge in [-0.15, -0.1) is 10.2 Å². The Balaban J connectivity index is 1.73. The molecule has 0 amide bonds. The van der Waals surface area contributed by atoms with E-state index in [9.17, 15) is 0 Å². The molecule has 0 fully saturated rings. The van der Waals surface area contributed by atoms with Crippen molar-refractivity contribution in [2.24, 2.45) is 10.2 Å². The van der Waals surface area contributed by atoms with Gasteiger partial charge in [0.25, 0.3) is 0 Å². The van der Waals surface area contributed by atoms with Crippen LogP contribution >= 0.6 is 0 Å². The Morgan fingerprint density at radius 1 is 0.581 bits per heavy atom. The zero-order chi connectivity index (χ0) is 20.9. The van der Waals surface area contributed by atoms with Gasteiger partial charge in [-0.2, -0.15) is 0 Å². The van der Waals surface area contributed by atoms with Gasteiger partial charge in [0.05, 0.1) is 0 Å². The van der Waals surface area contributed by atoms with Crippen molar-refractivity contribution in [3.8, 4) is 11.3 Å². The Labute approximate surface area is 180 Å². The van der Waals surface area contributed by atoms with E-state index in [4.69, 9.17) is 4.42 Å². The number of rotatable bonds is 4. The highest BCUT2D eigenvalue weighted by molar-refractivity contribution is 6.12. The van der Waals surface area contributed by atoms with E-state index >= 15 is 0 Å². The molecule has 1 heterocycles. The van der Waals surface area contributed by atoms with E-state index in [2.05, 4.69) is 16.3 Å². The third kappa shape index (κ3) is 4.07. The van der Waals surface area contributed by atoms with Crippen LogP contribution in [0.5, 0.6) is 0 Å². The van der Waals surface area contributed by atoms with Crippen molar-refractivity contribution < 1.29 is 4.42 Å². The van der Waals surface area contributed by atoms with Crippen LogP contribution < -0.4 is 5.55 Å². The number of fused-ring (bicyclic) bond motifs is 1. The highest BCUT2D eigenvalue weighted by Crippen LogP contribution is 2.22. The van der Waals surface area contributed by atoms with Gasteiger partial charge in [0.1, 0.15) is 11.5 Å². The fraction of sp³-hybridized carbons (Fsp3) is 0. The molecule has 31 heavy (non-hydrogen) atoms. The van der Waals surface area contributed by atoms with Crippen molar-refractivity contribution in [2.75, 3.05) is 0 Å². The van der Waals surface area contributed by atoms with Gasteiger partial charge in [0.15, 0.2) is 0 Å². The molecule has 0 aliphatic rings. The van der Waals surface area contributed by atoms with E-state index in [0.29, 0.717) is 5.55 Å². The molecule has 5 rings (SSSR count). The molecule has 3 nitrogen and oxygen atoms in total.